The van der Waals surface area contributed by atoms with Gasteiger partial charge in [-0.25, -0.2) is 8.42 Å². The molecule has 0 aliphatic heterocycles. The van der Waals surface area contributed by atoms with Gasteiger partial charge in [0.05, 0.1) is 12.9 Å². The number of thiophene rings is 2. The van der Waals surface area contributed by atoms with Crippen LogP contribution < -0.4 is 0 Å². The third-order valence-electron chi connectivity index (χ3n) is 3.83. The van der Waals surface area contributed by atoms with Crippen LogP contribution in [-0.2, 0) is 37.4 Å². The minimum Gasteiger partial charge on any atom is -0.468 e. The number of carbonyl (C=O) groups excluding carboxylic acids is 2. The third kappa shape index (κ3) is 6.73. The molecule has 1 amide bonds. The Balaban J connectivity index is 2.11. The van der Waals surface area contributed by atoms with E-state index in [0.29, 0.717) is 0 Å². The van der Waals surface area contributed by atoms with E-state index in [2.05, 4.69) is 4.74 Å². The number of nitrogens with zero attached hydrogens (tertiary/aromatic N) is 2. The lowest BCUT2D eigenvalue weighted by Crippen LogP contribution is -2.41. The molecule has 0 radical (unpaired) electrons. The smallest absolute Gasteiger partial charge is 0.325 e. The van der Waals surface area contributed by atoms with Gasteiger partial charge in [-0.05, 0) is 22.9 Å². The van der Waals surface area contributed by atoms with E-state index >= 15 is 0 Å². The Kier molecular flexibility index (Phi) is 7.96. The van der Waals surface area contributed by atoms with E-state index in [1.165, 1.54) is 45.9 Å². The number of hydrogen-bond acceptors (Lipinski definition) is 7. The van der Waals surface area contributed by atoms with Crippen molar-refractivity contribution in [1.29, 1.82) is 0 Å². The predicted molar refractivity (Wildman–Crippen MR) is 106 cm³/mol. The van der Waals surface area contributed by atoms with Crippen LogP contribution in [0.3, 0.4) is 0 Å². The first kappa shape index (κ1) is 21.5. The molecular formula is C17H22N2O5S3. The summed E-state index contributed by atoms with van der Waals surface area (Å²) in [7, 11) is -2.42. The number of carbonyl (C=O) groups is 2. The van der Waals surface area contributed by atoms with E-state index in [0.717, 1.165) is 9.75 Å². The highest BCUT2D eigenvalue weighted by Gasteiger charge is 2.25. The van der Waals surface area contributed by atoms with Gasteiger partial charge in [0.15, 0.2) is 0 Å². The summed E-state index contributed by atoms with van der Waals surface area (Å²) in [5.74, 6) is -1.23. The molecule has 0 fully saturated rings. The van der Waals surface area contributed by atoms with Gasteiger partial charge in [0.25, 0.3) is 0 Å². The average Bonchev–Trinajstić information content (AvgIpc) is 3.31. The van der Waals surface area contributed by atoms with Crippen LogP contribution in [0.5, 0.6) is 0 Å². The second kappa shape index (κ2) is 9.98. The van der Waals surface area contributed by atoms with Gasteiger partial charge >= 0.3 is 5.97 Å². The minimum absolute atomic E-state index is 0.0713. The maximum Gasteiger partial charge on any atom is 0.325 e. The van der Waals surface area contributed by atoms with Crippen LogP contribution >= 0.6 is 22.7 Å². The number of sulfonamides is 1. The number of hydrogen-bond donors (Lipinski definition) is 0. The van der Waals surface area contributed by atoms with Crippen molar-refractivity contribution in [2.24, 2.45) is 0 Å². The second-order valence-electron chi connectivity index (χ2n) is 5.76. The van der Waals surface area contributed by atoms with Gasteiger partial charge in [0, 0.05) is 36.3 Å². The lowest BCUT2D eigenvalue weighted by atomic mass is 10.4. The van der Waals surface area contributed by atoms with E-state index < -0.39 is 16.0 Å². The Bertz CT molecular complexity index is 796. The number of ether oxygens (including phenoxy) is 1. The molecular weight excluding hydrogens is 408 g/mol. The Morgan fingerprint density at radius 3 is 2.04 bits per heavy atom. The molecule has 2 heterocycles. The van der Waals surface area contributed by atoms with Crippen molar-refractivity contribution >= 4 is 44.6 Å². The predicted octanol–water partition coefficient (Wildman–Crippen LogP) is 2.16. The van der Waals surface area contributed by atoms with E-state index in [-0.39, 0.29) is 37.8 Å². The number of esters is 1. The van der Waals surface area contributed by atoms with Crippen LogP contribution in [0.1, 0.15) is 16.7 Å². The summed E-state index contributed by atoms with van der Waals surface area (Å²) in [6, 6.07) is 7.54. The normalized spacial score (nSPS) is 11.5. The van der Waals surface area contributed by atoms with E-state index in [4.69, 9.17) is 0 Å². The molecule has 0 aliphatic carbocycles. The summed E-state index contributed by atoms with van der Waals surface area (Å²) < 4.78 is 31.9. The zero-order valence-electron chi connectivity index (χ0n) is 15.2. The first-order valence-electron chi connectivity index (χ1n) is 8.16. The van der Waals surface area contributed by atoms with Gasteiger partial charge < -0.3 is 9.64 Å². The highest BCUT2D eigenvalue weighted by molar-refractivity contribution is 7.89. The van der Waals surface area contributed by atoms with Crippen LogP contribution in [0, 0.1) is 0 Å². The molecule has 148 valence electrons. The molecule has 10 heteroatoms. The summed E-state index contributed by atoms with van der Waals surface area (Å²) in [5.41, 5.74) is 0. The van der Waals surface area contributed by atoms with Crippen molar-refractivity contribution in [2.75, 3.05) is 26.0 Å². The lowest BCUT2D eigenvalue weighted by molar-refractivity contribution is -0.146. The molecule has 0 unspecified atom stereocenters. The maximum atomic E-state index is 12.9. The first-order valence-corrected chi connectivity index (χ1v) is 11.5. The fraction of sp³-hybridized carbons (Fsp3) is 0.412. The maximum absolute atomic E-state index is 12.9. The molecule has 7 nitrogen and oxygen atoms in total. The highest BCUT2D eigenvalue weighted by Crippen LogP contribution is 2.20. The molecule has 0 aromatic carbocycles. The number of amides is 1. The summed E-state index contributed by atoms with van der Waals surface area (Å²) in [6.07, 6.45) is 0. The molecule has 0 saturated carbocycles. The van der Waals surface area contributed by atoms with Crippen LogP contribution in [0.25, 0.3) is 0 Å². The lowest BCUT2D eigenvalue weighted by Gasteiger charge is -2.24. The van der Waals surface area contributed by atoms with Crippen LogP contribution in [0.4, 0.5) is 0 Å². The minimum atomic E-state index is -3.64. The van der Waals surface area contributed by atoms with Gasteiger partial charge in [0.2, 0.25) is 15.9 Å². The van der Waals surface area contributed by atoms with E-state index in [1.807, 2.05) is 35.0 Å². The average molecular weight is 431 g/mol. The Labute approximate surface area is 167 Å². The fourth-order valence-electron chi connectivity index (χ4n) is 2.33. The summed E-state index contributed by atoms with van der Waals surface area (Å²) >= 11 is 2.98. The molecule has 0 aliphatic rings. The number of methoxy groups -OCH3 is 1. The Morgan fingerprint density at radius 1 is 1.07 bits per heavy atom. The molecule has 2 aromatic rings. The molecule has 0 bridgehead atoms. The summed E-state index contributed by atoms with van der Waals surface area (Å²) in [6.45, 7) is 1.50. The molecule has 0 N–H and O–H groups in total. The van der Waals surface area contributed by atoms with Crippen molar-refractivity contribution in [3.8, 4) is 0 Å². The van der Waals surface area contributed by atoms with Gasteiger partial charge in [-0.2, -0.15) is 4.31 Å². The highest BCUT2D eigenvalue weighted by atomic mass is 32.2. The van der Waals surface area contributed by atoms with Crippen molar-refractivity contribution in [3.05, 3.63) is 44.8 Å². The zero-order valence-corrected chi connectivity index (χ0v) is 17.6. The third-order valence-corrected chi connectivity index (χ3v) is 7.30. The fourth-order valence-corrected chi connectivity index (χ4v) is 5.31. The first-order chi connectivity index (χ1) is 12.8. The Hall–Kier alpha value is -1.75. The molecule has 2 rings (SSSR count). The topological polar surface area (TPSA) is 84.0 Å². The standard InChI is InChI=1S/C17H22N2O5S3/c1-14(20)18(13-17(21)24-2)7-10-27(22,23)19(11-15-5-3-8-25-15)12-16-6-4-9-26-16/h3-6,8-9H,7,10-13H2,1-2H3. The zero-order chi connectivity index (χ0) is 19.9. The second-order valence-corrected chi connectivity index (χ2v) is 9.91. The SMILES string of the molecule is COC(=O)CN(CCS(=O)(=O)N(Cc1cccs1)Cc1cccs1)C(C)=O. The van der Waals surface area contributed by atoms with Crippen molar-refractivity contribution in [2.45, 2.75) is 20.0 Å². The quantitative estimate of drug-likeness (QED) is 0.540. The van der Waals surface area contributed by atoms with Crippen molar-refractivity contribution in [3.63, 3.8) is 0 Å². The summed E-state index contributed by atoms with van der Waals surface area (Å²) in [4.78, 5) is 26.2. The van der Waals surface area contributed by atoms with Crippen LogP contribution in [-0.4, -0.2) is 55.5 Å². The molecule has 2 aromatic heterocycles. The molecule has 0 saturated heterocycles. The van der Waals surface area contributed by atoms with Crippen LogP contribution in [0.2, 0.25) is 0 Å². The van der Waals surface area contributed by atoms with Gasteiger partial charge in [0.1, 0.15) is 6.54 Å². The number of rotatable bonds is 10. The van der Waals surface area contributed by atoms with Crippen molar-refractivity contribution in [1.82, 2.24) is 9.21 Å². The summed E-state index contributed by atoms with van der Waals surface area (Å²) in [5, 5.41) is 3.80. The van der Waals surface area contributed by atoms with Crippen molar-refractivity contribution < 1.29 is 22.7 Å². The molecule has 0 spiro atoms. The van der Waals surface area contributed by atoms with Gasteiger partial charge in [-0.1, -0.05) is 12.1 Å². The monoisotopic (exact) mass is 430 g/mol. The molecule has 0 atom stereocenters. The van der Waals surface area contributed by atoms with E-state index in [9.17, 15) is 18.0 Å². The van der Waals surface area contributed by atoms with Gasteiger partial charge in [-0.15, -0.1) is 22.7 Å². The largest absolute Gasteiger partial charge is 0.468 e. The van der Waals surface area contributed by atoms with Gasteiger partial charge in [-0.3, -0.25) is 9.59 Å². The molecule has 27 heavy (non-hydrogen) atoms. The Morgan fingerprint density at radius 2 is 1.63 bits per heavy atom. The van der Waals surface area contributed by atoms with E-state index in [1.54, 1.807) is 0 Å². The van der Waals surface area contributed by atoms with Crippen LogP contribution in [0.15, 0.2) is 35.0 Å².